The monoisotopic (exact) mass is 360 g/mol. The maximum absolute atomic E-state index is 12.5. The third-order valence-electron chi connectivity index (χ3n) is 4.07. The molecule has 0 unspecified atom stereocenters. The molecule has 1 aromatic carbocycles. The van der Waals surface area contributed by atoms with Gasteiger partial charge in [0.1, 0.15) is 5.00 Å². The maximum Gasteiger partial charge on any atom is 0.256 e. The van der Waals surface area contributed by atoms with Gasteiger partial charge in [0.15, 0.2) is 0 Å². The predicted molar refractivity (Wildman–Crippen MR) is 100 cm³/mol. The number of fused-ring (bicyclic) bond motifs is 1. The van der Waals surface area contributed by atoms with Crippen LogP contribution >= 0.6 is 23.1 Å². The molecule has 0 bridgehead atoms. The first-order valence-corrected chi connectivity index (χ1v) is 9.89. The van der Waals surface area contributed by atoms with Crippen molar-refractivity contribution in [1.82, 2.24) is 0 Å². The van der Waals surface area contributed by atoms with Crippen LogP contribution in [0.2, 0.25) is 0 Å². The zero-order chi connectivity index (χ0) is 17.1. The fourth-order valence-electron chi connectivity index (χ4n) is 2.96. The van der Waals surface area contributed by atoms with Crippen LogP contribution in [0.15, 0.2) is 29.2 Å². The number of rotatable bonds is 5. The second-order valence-electron chi connectivity index (χ2n) is 5.69. The lowest BCUT2D eigenvalue weighted by Gasteiger charge is -2.11. The van der Waals surface area contributed by atoms with Gasteiger partial charge in [-0.15, -0.1) is 23.1 Å². The Kier molecular flexibility index (Phi) is 5.26. The van der Waals surface area contributed by atoms with Crippen molar-refractivity contribution in [3.8, 4) is 0 Å². The fraction of sp³-hybridized carbons (Fsp3) is 0.333. The molecule has 1 aliphatic rings. The Morgan fingerprint density at radius 2 is 1.92 bits per heavy atom. The lowest BCUT2D eigenvalue weighted by molar-refractivity contribution is 0.100. The first kappa shape index (κ1) is 17.0. The Bertz CT molecular complexity index is 766. The largest absolute Gasteiger partial charge is 0.365 e. The van der Waals surface area contributed by atoms with Crippen LogP contribution in [0.25, 0.3) is 0 Å². The van der Waals surface area contributed by atoms with E-state index in [1.165, 1.54) is 16.2 Å². The maximum atomic E-state index is 12.5. The Balaban J connectivity index is 1.83. The summed E-state index contributed by atoms with van der Waals surface area (Å²) in [5.41, 5.74) is 7.68. The topological polar surface area (TPSA) is 72.2 Å². The Hall–Kier alpha value is -1.79. The number of benzene rings is 1. The summed E-state index contributed by atoms with van der Waals surface area (Å²) in [5.74, 6) is 0.331. The summed E-state index contributed by atoms with van der Waals surface area (Å²) >= 11 is 3.22. The number of carbonyl (C=O) groups is 2. The van der Waals surface area contributed by atoms with Gasteiger partial charge >= 0.3 is 0 Å². The van der Waals surface area contributed by atoms with Crippen LogP contribution in [0.1, 0.15) is 50.9 Å². The molecule has 126 valence electrons. The van der Waals surface area contributed by atoms with E-state index in [9.17, 15) is 9.59 Å². The molecule has 6 heteroatoms. The SMILES string of the molecule is CCSc1ccc(C(=O)Nc2sc3c(c2C(N)=O)CCCC3)cc1. The number of aryl methyl sites for hydroxylation is 1. The minimum absolute atomic E-state index is 0.204. The minimum Gasteiger partial charge on any atom is -0.365 e. The molecule has 0 radical (unpaired) electrons. The van der Waals surface area contributed by atoms with Gasteiger partial charge in [-0.3, -0.25) is 9.59 Å². The number of nitrogens with one attached hydrogen (secondary N) is 1. The van der Waals surface area contributed by atoms with E-state index in [0.29, 0.717) is 16.1 Å². The normalized spacial score (nSPS) is 13.4. The van der Waals surface area contributed by atoms with E-state index in [1.54, 1.807) is 11.8 Å². The molecule has 0 aliphatic heterocycles. The number of carbonyl (C=O) groups excluding carboxylic acids is 2. The van der Waals surface area contributed by atoms with Gasteiger partial charge in [-0.1, -0.05) is 6.92 Å². The van der Waals surface area contributed by atoms with Gasteiger partial charge in [0.05, 0.1) is 5.56 Å². The number of anilines is 1. The van der Waals surface area contributed by atoms with Crippen LogP contribution in [-0.2, 0) is 12.8 Å². The second-order valence-corrected chi connectivity index (χ2v) is 8.13. The highest BCUT2D eigenvalue weighted by Gasteiger charge is 2.25. The molecule has 0 atom stereocenters. The van der Waals surface area contributed by atoms with Crippen LogP contribution in [-0.4, -0.2) is 17.6 Å². The van der Waals surface area contributed by atoms with E-state index in [0.717, 1.165) is 41.9 Å². The molecular formula is C18H20N2O2S2. The average Bonchev–Trinajstić information content (AvgIpc) is 2.93. The number of amides is 2. The highest BCUT2D eigenvalue weighted by Crippen LogP contribution is 2.38. The van der Waals surface area contributed by atoms with E-state index >= 15 is 0 Å². The zero-order valence-corrected chi connectivity index (χ0v) is 15.2. The van der Waals surface area contributed by atoms with Gasteiger partial charge in [0.25, 0.3) is 11.8 Å². The van der Waals surface area contributed by atoms with Crippen LogP contribution in [0.3, 0.4) is 0 Å². The van der Waals surface area contributed by atoms with Crippen molar-refractivity contribution < 1.29 is 9.59 Å². The molecule has 3 N–H and O–H groups in total. The van der Waals surface area contributed by atoms with Gasteiger partial charge in [-0.2, -0.15) is 0 Å². The van der Waals surface area contributed by atoms with E-state index in [1.807, 2.05) is 24.3 Å². The van der Waals surface area contributed by atoms with E-state index < -0.39 is 5.91 Å². The number of hydrogen-bond donors (Lipinski definition) is 2. The standard InChI is InChI=1S/C18H20N2O2S2/c1-2-23-12-9-7-11(8-10-12)17(22)20-18-15(16(19)21)13-5-3-4-6-14(13)24-18/h7-10H,2-6H2,1H3,(H2,19,21)(H,20,22). The summed E-state index contributed by atoms with van der Waals surface area (Å²) in [6.07, 6.45) is 4.01. The number of thioether (sulfide) groups is 1. The van der Waals surface area contributed by atoms with Crippen molar-refractivity contribution in [3.63, 3.8) is 0 Å². The van der Waals surface area contributed by atoms with Gasteiger partial charge in [-0.05, 0) is 61.3 Å². The third-order valence-corrected chi connectivity index (χ3v) is 6.17. The highest BCUT2D eigenvalue weighted by molar-refractivity contribution is 7.99. The third kappa shape index (κ3) is 3.49. The molecule has 0 saturated heterocycles. The first-order chi connectivity index (χ1) is 11.6. The Morgan fingerprint density at radius 3 is 2.58 bits per heavy atom. The molecule has 1 aromatic heterocycles. The first-order valence-electron chi connectivity index (χ1n) is 8.08. The van der Waals surface area contributed by atoms with Crippen molar-refractivity contribution in [2.75, 3.05) is 11.1 Å². The number of primary amides is 1. The van der Waals surface area contributed by atoms with Crippen molar-refractivity contribution in [1.29, 1.82) is 0 Å². The van der Waals surface area contributed by atoms with Crippen molar-refractivity contribution in [2.24, 2.45) is 5.73 Å². The van der Waals surface area contributed by atoms with E-state index in [4.69, 9.17) is 5.73 Å². The highest BCUT2D eigenvalue weighted by atomic mass is 32.2. The number of hydrogen-bond acceptors (Lipinski definition) is 4. The van der Waals surface area contributed by atoms with Crippen molar-refractivity contribution >= 4 is 39.9 Å². The molecule has 1 heterocycles. The van der Waals surface area contributed by atoms with Gasteiger partial charge in [0.2, 0.25) is 0 Å². The number of nitrogens with two attached hydrogens (primary N) is 1. The van der Waals surface area contributed by atoms with Crippen molar-refractivity contribution in [2.45, 2.75) is 37.5 Å². The summed E-state index contributed by atoms with van der Waals surface area (Å²) in [7, 11) is 0. The molecule has 4 nitrogen and oxygen atoms in total. The molecule has 1 aliphatic carbocycles. The van der Waals surface area contributed by atoms with Crippen LogP contribution < -0.4 is 11.1 Å². The van der Waals surface area contributed by atoms with E-state index in [2.05, 4.69) is 12.2 Å². The molecule has 2 aromatic rings. The lowest BCUT2D eigenvalue weighted by atomic mass is 9.95. The molecule has 3 rings (SSSR count). The summed E-state index contributed by atoms with van der Waals surface area (Å²) < 4.78 is 0. The van der Waals surface area contributed by atoms with Gasteiger partial charge < -0.3 is 11.1 Å². The summed E-state index contributed by atoms with van der Waals surface area (Å²) in [6, 6.07) is 7.50. The minimum atomic E-state index is -0.459. The second kappa shape index (κ2) is 7.40. The van der Waals surface area contributed by atoms with E-state index in [-0.39, 0.29) is 5.91 Å². The molecule has 0 fully saturated rings. The molecule has 0 saturated carbocycles. The zero-order valence-electron chi connectivity index (χ0n) is 13.6. The fourth-order valence-corrected chi connectivity index (χ4v) is 4.91. The predicted octanol–water partition coefficient (Wildman–Crippen LogP) is 4.09. The van der Waals surface area contributed by atoms with Crippen LogP contribution in [0.4, 0.5) is 5.00 Å². The van der Waals surface area contributed by atoms with Crippen LogP contribution in [0.5, 0.6) is 0 Å². The summed E-state index contributed by atoms with van der Waals surface area (Å²) in [5, 5.41) is 3.48. The average molecular weight is 361 g/mol. The van der Waals surface area contributed by atoms with Gasteiger partial charge in [-0.25, -0.2) is 0 Å². The molecule has 2 amide bonds. The lowest BCUT2D eigenvalue weighted by Crippen LogP contribution is -2.18. The number of thiophene rings is 1. The molecular weight excluding hydrogens is 340 g/mol. The quantitative estimate of drug-likeness (QED) is 0.789. The smallest absolute Gasteiger partial charge is 0.256 e. The molecule has 0 spiro atoms. The summed E-state index contributed by atoms with van der Waals surface area (Å²) in [4.78, 5) is 26.7. The summed E-state index contributed by atoms with van der Waals surface area (Å²) in [6.45, 7) is 2.09. The van der Waals surface area contributed by atoms with Crippen molar-refractivity contribution in [3.05, 3.63) is 45.8 Å². The van der Waals surface area contributed by atoms with Gasteiger partial charge in [0, 0.05) is 15.3 Å². The Morgan fingerprint density at radius 1 is 1.21 bits per heavy atom. The van der Waals surface area contributed by atoms with Crippen LogP contribution in [0, 0.1) is 0 Å². The molecule has 24 heavy (non-hydrogen) atoms. The Labute approximate surface area is 149 Å².